The van der Waals surface area contributed by atoms with Crippen LogP contribution in [0.5, 0.6) is 0 Å². The average Bonchev–Trinajstić information content (AvgIpc) is 2.50. The zero-order valence-corrected chi connectivity index (χ0v) is 12.9. The summed E-state index contributed by atoms with van der Waals surface area (Å²) in [6.45, 7) is 5.82. The zero-order chi connectivity index (χ0) is 13.6. The summed E-state index contributed by atoms with van der Waals surface area (Å²) in [5, 5.41) is 3.14. The van der Waals surface area contributed by atoms with Crippen LogP contribution in [0.2, 0.25) is 0 Å². The van der Waals surface area contributed by atoms with Gasteiger partial charge in [0.25, 0.3) is 0 Å². The summed E-state index contributed by atoms with van der Waals surface area (Å²) in [6, 6.07) is 0. The molecule has 0 saturated heterocycles. The fraction of sp³-hybridized carbons (Fsp3) is 1.00. The summed E-state index contributed by atoms with van der Waals surface area (Å²) in [4.78, 5) is 0. The van der Waals surface area contributed by atoms with E-state index in [-0.39, 0.29) is 5.25 Å². The molecule has 0 aromatic carbocycles. The van der Waals surface area contributed by atoms with Crippen molar-refractivity contribution >= 4 is 9.84 Å². The topological polar surface area (TPSA) is 46.2 Å². The van der Waals surface area contributed by atoms with Crippen molar-refractivity contribution in [1.29, 1.82) is 0 Å². The molecule has 0 bridgehead atoms. The van der Waals surface area contributed by atoms with Gasteiger partial charge < -0.3 is 5.32 Å². The molecule has 4 heteroatoms. The van der Waals surface area contributed by atoms with Gasteiger partial charge in [-0.3, -0.25) is 0 Å². The monoisotopic (exact) mass is 275 g/mol. The predicted molar refractivity (Wildman–Crippen MR) is 77.5 cm³/mol. The molecule has 1 aliphatic rings. The summed E-state index contributed by atoms with van der Waals surface area (Å²) in [7, 11) is -2.94. The molecule has 1 atom stereocenters. The van der Waals surface area contributed by atoms with E-state index in [1.807, 2.05) is 0 Å². The molecule has 1 rings (SSSR count). The number of hydrogen-bond acceptors (Lipinski definition) is 3. The van der Waals surface area contributed by atoms with E-state index in [1.165, 1.54) is 31.9 Å². The van der Waals surface area contributed by atoms with E-state index >= 15 is 0 Å². The Labute approximate surface area is 113 Å². The lowest BCUT2D eigenvalue weighted by atomic mass is 9.96. The summed E-state index contributed by atoms with van der Waals surface area (Å²) < 4.78 is 24.0. The number of rotatable bonds is 6. The molecular weight excluding hydrogens is 246 g/mol. The van der Waals surface area contributed by atoms with Crippen LogP contribution in [0.1, 0.15) is 52.4 Å². The van der Waals surface area contributed by atoms with Gasteiger partial charge in [-0.1, -0.05) is 39.5 Å². The maximum atomic E-state index is 12.0. The van der Waals surface area contributed by atoms with Crippen molar-refractivity contribution in [2.45, 2.75) is 57.6 Å². The molecule has 3 nitrogen and oxygen atoms in total. The summed E-state index contributed by atoms with van der Waals surface area (Å²) in [5.74, 6) is 0.932. The van der Waals surface area contributed by atoms with E-state index in [0.717, 1.165) is 19.4 Å². The van der Waals surface area contributed by atoms with Crippen molar-refractivity contribution in [2.75, 3.05) is 19.3 Å². The molecule has 0 aromatic rings. The van der Waals surface area contributed by atoms with Gasteiger partial charge in [0.1, 0.15) is 0 Å². The first-order chi connectivity index (χ1) is 8.41. The van der Waals surface area contributed by atoms with E-state index in [4.69, 9.17) is 0 Å². The smallest absolute Gasteiger partial charge is 0.151 e. The van der Waals surface area contributed by atoms with E-state index in [9.17, 15) is 8.42 Å². The Hall–Kier alpha value is -0.0900. The van der Waals surface area contributed by atoms with Gasteiger partial charge in [-0.15, -0.1) is 0 Å². The molecule has 1 unspecified atom stereocenters. The van der Waals surface area contributed by atoms with Crippen LogP contribution in [0.4, 0.5) is 0 Å². The van der Waals surface area contributed by atoms with Gasteiger partial charge in [-0.25, -0.2) is 8.42 Å². The predicted octanol–water partition coefficient (Wildman–Crippen LogP) is 2.62. The minimum Gasteiger partial charge on any atom is -0.315 e. The van der Waals surface area contributed by atoms with Crippen molar-refractivity contribution in [2.24, 2.45) is 11.8 Å². The first-order valence-corrected chi connectivity index (χ1v) is 9.26. The highest BCUT2D eigenvalue weighted by Crippen LogP contribution is 2.28. The Morgan fingerprint density at radius 2 is 1.61 bits per heavy atom. The van der Waals surface area contributed by atoms with Crippen molar-refractivity contribution in [1.82, 2.24) is 5.32 Å². The lowest BCUT2D eigenvalue weighted by Gasteiger charge is -2.25. The van der Waals surface area contributed by atoms with E-state index < -0.39 is 9.84 Å². The molecule has 0 spiro atoms. The minimum absolute atomic E-state index is 0.186. The molecule has 0 radical (unpaired) electrons. The molecule has 0 aromatic heterocycles. The highest BCUT2D eigenvalue weighted by molar-refractivity contribution is 7.91. The molecule has 0 amide bonds. The van der Waals surface area contributed by atoms with Crippen LogP contribution in [-0.2, 0) is 9.84 Å². The van der Waals surface area contributed by atoms with Crippen LogP contribution in [0.15, 0.2) is 0 Å². The first-order valence-electron chi connectivity index (χ1n) is 7.31. The normalized spacial score (nSPS) is 20.9. The van der Waals surface area contributed by atoms with Crippen LogP contribution in [-0.4, -0.2) is 33.0 Å². The molecule has 0 aliphatic heterocycles. The molecule has 0 heterocycles. The van der Waals surface area contributed by atoms with Crippen molar-refractivity contribution in [3.8, 4) is 0 Å². The third kappa shape index (κ3) is 5.70. The van der Waals surface area contributed by atoms with Crippen LogP contribution in [0.25, 0.3) is 0 Å². The average molecular weight is 275 g/mol. The third-order valence-corrected chi connectivity index (χ3v) is 5.53. The molecule has 18 heavy (non-hydrogen) atoms. The fourth-order valence-corrected chi connectivity index (χ4v) is 4.26. The van der Waals surface area contributed by atoms with Crippen molar-refractivity contribution < 1.29 is 8.42 Å². The van der Waals surface area contributed by atoms with Gasteiger partial charge in [0, 0.05) is 12.8 Å². The van der Waals surface area contributed by atoms with Gasteiger partial charge in [0.05, 0.1) is 5.25 Å². The molecule has 108 valence electrons. The Balaban J connectivity index is 2.59. The largest absolute Gasteiger partial charge is 0.315 e. The van der Waals surface area contributed by atoms with Gasteiger partial charge in [-0.05, 0) is 31.2 Å². The zero-order valence-electron chi connectivity index (χ0n) is 12.1. The van der Waals surface area contributed by atoms with E-state index in [1.54, 1.807) is 0 Å². The third-order valence-electron chi connectivity index (χ3n) is 3.87. The van der Waals surface area contributed by atoms with Crippen LogP contribution in [0, 0.1) is 11.8 Å². The molecule has 1 N–H and O–H groups in total. The Morgan fingerprint density at radius 1 is 1.06 bits per heavy atom. The highest BCUT2D eigenvalue weighted by atomic mass is 32.2. The van der Waals surface area contributed by atoms with Gasteiger partial charge >= 0.3 is 0 Å². The number of hydrogen-bond donors (Lipinski definition) is 1. The van der Waals surface area contributed by atoms with Crippen LogP contribution < -0.4 is 5.32 Å². The van der Waals surface area contributed by atoms with E-state index in [0.29, 0.717) is 18.4 Å². The minimum atomic E-state index is -2.94. The van der Waals surface area contributed by atoms with Gasteiger partial charge in [0.15, 0.2) is 9.84 Å². The Bertz CT molecular complexity index is 317. The van der Waals surface area contributed by atoms with E-state index in [2.05, 4.69) is 19.2 Å². The Kier molecular flexibility index (Phi) is 6.64. The summed E-state index contributed by atoms with van der Waals surface area (Å²) in [5.41, 5.74) is 0. The van der Waals surface area contributed by atoms with Crippen molar-refractivity contribution in [3.63, 3.8) is 0 Å². The lowest BCUT2D eigenvalue weighted by Crippen LogP contribution is -2.39. The maximum Gasteiger partial charge on any atom is 0.151 e. The number of nitrogens with one attached hydrogen (secondary N) is 1. The standard InChI is InChI=1S/C14H29NO2S/c1-12(2)10-15-11-14(18(3,16)17)13-8-6-4-5-7-9-13/h12-15H,4-11H2,1-3H3. The summed E-state index contributed by atoms with van der Waals surface area (Å²) in [6.07, 6.45) is 8.50. The lowest BCUT2D eigenvalue weighted by molar-refractivity contribution is 0.403. The molecular formula is C14H29NO2S. The maximum absolute atomic E-state index is 12.0. The van der Waals surface area contributed by atoms with Gasteiger partial charge in [-0.2, -0.15) is 0 Å². The second-order valence-corrected chi connectivity index (χ2v) is 8.44. The van der Waals surface area contributed by atoms with Crippen LogP contribution in [0.3, 0.4) is 0 Å². The highest BCUT2D eigenvalue weighted by Gasteiger charge is 2.30. The SMILES string of the molecule is CC(C)CNCC(C1CCCCCC1)S(C)(=O)=O. The quantitative estimate of drug-likeness (QED) is 0.758. The number of sulfone groups is 1. The summed E-state index contributed by atoms with van der Waals surface area (Å²) >= 11 is 0. The Morgan fingerprint density at radius 3 is 2.06 bits per heavy atom. The van der Waals surface area contributed by atoms with Gasteiger partial charge in [0.2, 0.25) is 0 Å². The molecule has 1 fully saturated rings. The van der Waals surface area contributed by atoms with Crippen LogP contribution >= 0.6 is 0 Å². The molecule has 1 aliphatic carbocycles. The first kappa shape index (κ1) is 16.0. The van der Waals surface area contributed by atoms with Crippen molar-refractivity contribution in [3.05, 3.63) is 0 Å². The fourth-order valence-electron chi connectivity index (χ4n) is 2.86. The molecule has 1 saturated carbocycles. The second kappa shape index (κ2) is 7.49. The second-order valence-electron chi connectivity index (χ2n) is 6.17.